The zero-order valence-corrected chi connectivity index (χ0v) is 19.5. The second kappa shape index (κ2) is 8.37. The van der Waals surface area contributed by atoms with Crippen LogP contribution in [0.4, 0.5) is 11.6 Å². The number of likely N-dealkylation sites (N-methyl/N-ethyl adjacent to an activating group) is 1. The molecule has 10 heteroatoms. The molecule has 1 N–H and O–H groups in total. The number of piperidine rings is 1. The summed E-state index contributed by atoms with van der Waals surface area (Å²) in [5.41, 5.74) is 4.03. The number of anilines is 2. The average Bonchev–Trinajstić information content (AvgIpc) is 3.40. The normalized spacial score (nSPS) is 22.7. The maximum Gasteiger partial charge on any atom is 0.174 e. The quantitative estimate of drug-likeness (QED) is 0.486. The van der Waals surface area contributed by atoms with Crippen molar-refractivity contribution in [2.45, 2.75) is 38.0 Å². The summed E-state index contributed by atoms with van der Waals surface area (Å²) in [6.45, 7) is 3.55. The van der Waals surface area contributed by atoms with Crippen LogP contribution in [0.25, 0.3) is 16.6 Å². The molecule has 0 amide bonds. The smallest absolute Gasteiger partial charge is 0.174 e. The highest BCUT2D eigenvalue weighted by Gasteiger charge is 2.38. The number of hydrogen-bond acceptors (Lipinski definition) is 8. The van der Waals surface area contributed by atoms with Gasteiger partial charge < -0.3 is 14.8 Å². The molecule has 2 bridgehead atoms. The number of morpholine rings is 1. The second-order valence-electron chi connectivity index (χ2n) is 9.26. The summed E-state index contributed by atoms with van der Waals surface area (Å²) in [5, 5.41) is 15.8. The maximum absolute atomic E-state index is 6.58. The molecule has 0 aromatic carbocycles. The van der Waals surface area contributed by atoms with Crippen molar-refractivity contribution in [2.24, 2.45) is 7.05 Å². The first-order chi connectivity index (χ1) is 16.5. The van der Waals surface area contributed by atoms with Gasteiger partial charge in [0.15, 0.2) is 11.6 Å². The Hall–Kier alpha value is -3.50. The van der Waals surface area contributed by atoms with Crippen molar-refractivity contribution in [1.29, 1.82) is 0 Å². The van der Waals surface area contributed by atoms with Gasteiger partial charge in [-0.05, 0) is 37.7 Å². The lowest BCUT2D eigenvalue weighted by atomic mass is 9.92. The summed E-state index contributed by atoms with van der Waals surface area (Å²) in [7, 11) is 4.03. The first kappa shape index (κ1) is 21.1. The van der Waals surface area contributed by atoms with Crippen molar-refractivity contribution >= 4 is 17.2 Å². The van der Waals surface area contributed by atoms with Crippen molar-refractivity contribution in [3.63, 3.8) is 0 Å². The monoisotopic (exact) mass is 460 g/mol. The number of pyridine rings is 2. The van der Waals surface area contributed by atoms with Crippen LogP contribution in [0.15, 0.2) is 42.9 Å². The Morgan fingerprint density at radius 1 is 1.09 bits per heavy atom. The fourth-order valence-electron chi connectivity index (χ4n) is 4.95. The third-order valence-corrected chi connectivity index (χ3v) is 6.77. The van der Waals surface area contributed by atoms with Crippen molar-refractivity contribution in [1.82, 2.24) is 34.5 Å². The van der Waals surface area contributed by atoms with Crippen LogP contribution < -0.4 is 10.1 Å². The summed E-state index contributed by atoms with van der Waals surface area (Å²) in [6, 6.07) is 9.07. The molecule has 2 aliphatic heterocycles. The molecule has 6 heterocycles. The van der Waals surface area contributed by atoms with Gasteiger partial charge in [-0.3, -0.25) is 14.6 Å². The van der Waals surface area contributed by atoms with Crippen LogP contribution in [0.1, 0.15) is 18.5 Å². The van der Waals surface area contributed by atoms with Crippen LogP contribution in [0, 0.1) is 6.92 Å². The molecule has 2 aliphatic rings. The van der Waals surface area contributed by atoms with E-state index < -0.39 is 0 Å². The molecule has 4 aromatic rings. The van der Waals surface area contributed by atoms with E-state index in [0.717, 1.165) is 54.1 Å². The molecule has 0 unspecified atom stereocenters. The number of nitrogens with one attached hydrogen (secondary N) is 1. The van der Waals surface area contributed by atoms with Crippen LogP contribution in [-0.4, -0.2) is 72.9 Å². The highest BCUT2D eigenvalue weighted by molar-refractivity contribution is 5.75. The van der Waals surface area contributed by atoms with E-state index in [2.05, 4.69) is 55.9 Å². The molecular formula is C24H28N8O2. The van der Waals surface area contributed by atoms with E-state index in [1.807, 2.05) is 43.1 Å². The number of aromatic nitrogens is 6. The molecule has 176 valence electrons. The Morgan fingerprint density at radius 3 is 2.68 bits per heavy atom. The average molecular weight is 461 g/mol. The Labute approximate surface area is 197 Å². The SMILES string of the molecule is Cc1cc(-c2ccn3nc(Nc4cn(C)nn4)cc3c2)c(O[C@H]2C[C@H]3COC[C@@H](C2)N3C)cn1. The molecule has 0 spiro atoms. The maximum atomic E-state index is 6.58. The lowest BCUT2D eigenvalue weighted by Crippen LogP contribution is -2.57. The molecule has 2 saturated heterocycles. The molecule has 0 saturated carbocycles. The zero-order chi connectivity index (χ0) is 23.2. The fourth-order valence-corrected chi connectivity index (χ4v) is 4.95. The van der Waals surface area contributed by atoms with Crippen LogP contribution in [0.5, 0.6) is 5.75 Å². The van der Waals surface area contributed by atoms with E-state index in [9.17, 15) is 0 Å². The number of hydrogen-bond donors (Lipinski definition) is 1. The predicted octanol–water partition coefficient (Wildman–Crippen LogP) is 2.82. The molecule has 0 aliphatic carbocycles. The predicted molar refractivity (Wildman–Crippen MR) is 127 cm³/mol. The summed E-state index contributed by atoms with van der Waals surface area (Å²) >= 11 is 0. The van der Waals surface area contributed by atoms with Crippen molar-refractivity contribution in [2.75, 3.05) is 25.6 Å². The lowest BCUT2D eigenvalue weighted by Gasteiger charge is -2.46. The minimum Gasteiger partial charge on any atom is -0.488 e. The topological polar surface area (TPSA) is 94.6 Å². The van der Waals surface area contributed by atoms with E-state index in [1.54, 1.807) is 4.68 Å². The zero-order valence-electron chi connectivity index (χ0n) is 19.5. The van der Waals surface area contributed by atoms with Crippen LogP contribution in [-0.2, 0) is 11.8 Å². The summed E-state index contributed by atoms with van der Waals surface area (Å²) < 4.78 is 15.8. The van der Waals surface area contributed by atoms with E-state index in [-0.39, 0.29) is 6.10 Å². The molecule has 2 fully saturated rings. The highest BCUT2D eigenvalue weighted by atomic mass is 16.5. The summed E-state index contributed by atoms with van der Waals surface area (Å²) in [6.07, 6.45) is 7.70. The number of aryl methyl sites for hydroxylation is 2. The third-order valence-electron chi connectivity index (χ3n) is 6.77. The van der Waals surface area contributed by atoms with E-state index in [4.69, 9.17) is 9.47 Å². The molecular weight excluding hydrogens is 432 g/mol. The van der Waals surface area contributed by atoms with Gasteiger partial charge in [-0.1, -0.05) is 5.21 Å². The Bertz CT molecular complexity index is 1320. The van der Waals surface area contributed by atoms with Gasteiger partial charge in [-0.15, -0.1) is 5.10 Å². The first-order valence-electron chi connectivity index (χ1n) is 11.6. The minimum atomic E-state index is 0.153. The van der Waals surface area contributed by atoms with Gasteiger partial charge in [0.25, 0.3) is 0 Å². The van der Waals surface area contributed by atoms with Crippen molar-refractivity contribution in [3.05, 3.63) is 48.5 Å². The standard InChI is InChI=1S/C24H28N8O2/c1-15-6-21(22(11-25-15)34-20-8-18-13-33-14-19(9-20)31(18)3)16-4-5-32-17(7-16)10-23(28-32)26-24-12-30(2)29-27-24/h4-7,10-12,18-20H,8-9,13-14H2,1-3H3,(H,26,28)/t18-,19+,20-. The van der Waals surface area contributed by atoms with E-state index in [0.29, 0.717) is 23.7 Å². The van der Waals surface area contributed by atoms with Gasteiger partial charge in [0.1, 0.15) is 11.9 Å². The second-order valence-corrected chi connectivity index (χ2v) is 9.26. The van der Waals surface area contributed by atoms with Gasteiger partial charge >= 0.3 is 0 Å². The van der Waals surface area contributed by atoms with Gasteiger partial charge in [-0.2, -0.15) is 5.10 Å². The van der Waals surface area contributed by atoms with Gasteiger partial charge in [-0.25, -0.2) is 4.52 Å². The van der Waals surface area contributed by atoms with E-state index in [1.165, 1.54) is 0 Å². The van der Waals surface area contributed by atoms with Gasteiger partial charge in [0.2, 0.25) is 0 Å². The molecule has 34 heavy (non-hydrogen) atoms. The minimum absolute atomic E-state index is 0.153. The van der Waals surface area contributed by atoms with Gasteiger partial charge in [0.05, 0.1) is 31.1 Å². The lowest BCUT2D eigenvalue weighted by molar-refractivity contribution is -0.0879. The van der Waals surface area contributed by atoms with Crippen LogP contribution >= 0.6 is 0 Å². The van der Waals surface area contributed by atoms with Gasteiger partial charge in [0, 0.05) is 55.5 Å². The number of nitrogens with zero attached hydrogens (tertiary/aromatic N) is 7. The summed E-state index contributed by atoms with van der Waals surface area (Å²) in [5.74, 6) is 2.18. The summed E-state index contributed by atoms with van der Waals surface area (Å²) in [4.78, 5) is 6.97. The number of rotatable bonds is 5. The highest BCUT2D eigenvalue weighted by Crippen LogP contribution is 2.35. The Morgan fingerprint density at radius 2 is 1.91 bits per heavy atom. The Kier molecular flexibility index (Phi) is 5.19. The third kappa shape index (κ3) is 3.99. The Balaban J connectivity index is 1.28. The number of fused-ring (bicyclic) bond motifs is 3. The van der Waals surface area contributed by atoms with E-state index >= 15 is 0 Å². The first-order valence-corrected chi connectivity index (χ1v) is 11.6. The van der Waals surface area contributed by atoms with Crippen LogP contribution in [0.3, 0.4) is 0 Å². The fraction of sp³-hybridized carbons (Fsp3) is 0.417. The molecule has 10 nitrogen and oxygen atoms in total. The number of ether oxygens (including phenoxy) is 2. The molecule has 6 rings (SSSR count). The molecule has 0 radical (unpaired) electrons. The van der Waals surface area contributed by atoms with Crippen molar-refractivity contribution in [3.8, 4) is 16.9 Å². The molecule has 3 atom stereocenters. The van der Waals surface area contributed by atoms with Crippen LogP contribution in [0.2, 0.25) is 0 Å². The van der Waals surface area contributed by atoms with Crippen molar-refractivity contribution < 1.29 is 9.47 Å². The largest absolute Gasteiger partial charge is 0.488 e. The molecule has 4 aromatic heterocycles.